The normalized spacial score (nSPS) is 15.2. The van der Waals surface area contributed by atoms with Crippen LogP contribution in [0.25, 0.3) is 0 Å². The second-order valence-corrected chi connectivity index (χ2v) is 8.86. The predicted molar refractivity (Wildman–Crippen MR) is 130 cm³/mol. The van der Waals surface area contributed by atoms with Gasteiger partial charge in [0.15, 0.2) is 0 Å². The first-order valence-corrected chi connectivity index (χ1v) is 11.9. The standard InChI is InChI=1S/C27H31N3O4/c1-3-19(2)30-17-23(26(32)28-16-22-10-7-15-34-22)25(31)24(18-30)27(33)29-13-11-21(12-14-29)20-8-5-4-6-9-20/h4-10,15,17-19,21H,3,11-14,16H2,1-2H3,(H,28,32)/t19-/m0/s1. The van der Waals surface area contributed by atoms with Gasteiger partial charge in [-0.2, -0.15) is 0 Å². The summed E-state index contributed by atoms with van der Waals surface area (Å²) < 4.78 is 7.05. The van der Waals surface area contributed by atoms with Crippen LogP contribution in [0.4, 0.5) is 0 Å². The SMILES string of the molecule is CC[C@H](C)n1cc(C(=O)NCc2ccco2)c(=O)c(C(=O)N2CCC(c3ccccc3)CC2)c1. The van der Waals surface area contributed by atoms with Crippen molar-refractivity contribution in [3.05, 3.63) is 93.8 Å². The molecule has 2 amide bonds. The van der Waals surface area contributed by atoms with E-state index in [1.807, 2.05) is 32.0 Å². The van der Waals surface area contributed by atoms with Crippen molar-refractivity contribution in [1.82, 2.24) is 14.8 Å². The smallest absolute Gasteiger partial charge is 0.259 e. The number of likely N-dealkylation sites (tertiary alicyclic amines) is 1. The Morgan fingerprint density at radius 1 is 1.06 bits per heavy atom. The van der Waals surface area contributed by atoms with Crippen LogP contribution >= 0.6 is 0 Å². The zero-order valence-electron chi connectivity index (χ0n) is 19.7. The Morgan fingerprint density at radius 3 is 2.41 bits per heavy atom. The van der Waals surface area contributed by atoms with Crippen LogP contribution in [0.5, 0.6) is 0 Å². The lowest BCUT2D eigenvalue weighted by Gasteiger charge is -2.32. The van der Waals surface area contributed by atoms with Crippen molar-refractivity contribution in [1.29, 1.82) is 0 Å². The number of carbonyl (C=O) groups is 2. The first-order valence-electron chi connectivity index (χ1n) is 11.9. The Morgan fingerprint density at radius 2 is 1.76 bits per heavy atom. The summed E-state index contributed by atoms with van der Waals surface area (Å²) in [5.41, 5.74) is 0.761. The van der Waals surface area contributed by atoms with Crippen molar-refractivity contribution < 1.29 is 14.0 Å². The second-order valence-electron chi connectivity index (χ2n) is 8.86. The fourth-order valence-electron chi connectivity index (χ4n) is 4.36. The molecule has 3 heterocycles. The Balaban J connectivity index is 1.55. The molecular formula is C27H31N3O4. The molecule has 34 heavy (non-hydrogen) atoms. The zero-order chi connectivity index (χ0) is 24.1. The van der Waals surface area contributed by atoms with Crippen LogP contribution in [-0.2, 0) is 6.54 Å². The number of nitrogens with one attached hydrogen (secondary N) is 1. The van der Waals surface area contributed by atoms with Gasteiger partial charge in [0.2, 0.25) is 5.43 Å². The van der Waals surface area contributed by atoms with Gasteiger partial charge in [0, 0.05) is 31.5 Å². The average molecular weight is 462 g/mol. The van der Waals surface area contributed by atoms with Gasteiger partial charge in [0.1, 0.15) is 16.9 Å². The van der Waals surface area contributed by atoms with Gasteiger partial charge < -0.3 is 19.2 Å². The van der Waals surface area contributed by atoms with E-state index in [0.29, 0.717) is 24.8 Å². The van der Waals surface area contributed by atoms with Gasteiger partial charge in [0.05, 0.1) is 12.8 Å². The number of hydrogen-bond acceptors (Lipinski definition) is 4. The van der Waals surface area contributed by atoms with Crippen molar-refractivity contribution in [2.75, 3.05) is 13.1 Å². The highest BCUT2D eigenvalue weighted by molar-refractivity contribution is 5.99. The Labute approximate surface area is 199 Å². The molecule has 0 spiro atoms. The maximum atomic E-state index is 13.4. The molecule has 178 valence electrons. The summed E-state index contributed by atoms with van der Waals surface area (Å²) in [6.45, 7) is 5.34. The summed E-state index contributed by atoms with van der Waals surface area (Å²) in [5.74, 6) is 0.162. The minimum Gasteiger partial charge on any atom is -0.467 e. The average Bonchev–Trinajstić information content (AvgIpc) is 3.41. The second kappa shape index (κ2) is 10.5. The largest absolute Gasteiger partial charge is 0.467 e. The van der Waals surface area contributed by atoms with Crippen molar-refractivity contribution in [3.8, 4) is 0 Å². The highest BCUT2D eigenvalue weighted by atomic mass is 16.3. The molecule has 7 heteroatoms. The molecule has 1 N–H and O–H groups in total. The molecule has 0 unspecified atom stereocenters. The van der Waals surface area contributed by atoms with Gasteiger partial charge in [0.25, 0.3) is 11.8 Å². The molecule has 1 aliphatic heterocycles. The van der Waals surface area contributed by atoms with E-state index < -0.39 is 11.3 Å². The molecule has 1 saturated heterocycles. The van der Waals surface area contributed by atoms with E-state index in [-0.39, 0.29) is 29.6 Å². The van der Waals surface area contributed by atoms with Crippen LogP contribution in [-0.4, -0.2) is 34.4 Å². The van der Waals surface area contributed by atoms with Crippen LogP contribution in [0.2, 0.25) is 0 Å². The minimum absolute atomic E-state index is 0.0307. The Kier molecular flexibility index (Phi) is 7.30. The maximum Gasteiger partial charge on any atom is 0.259 e. The number of piperidine rings is 1. The lowest BCUT2D eigenvalue weighted by Crippen LogP contribution is -2.41. The van der Waals surface area contributed by atoms with E-state index in [0.717, 1.165) is 19.3 Å². The molecule has 7 nitrogen and oxygen atoms in total. The van der Waals surface area contributed by atoms with E-state index in [2.05, 4.69) is 17.4 Å². The van der Waals surface area contributed by atoms with Gasteiger partial charge in [-0.25, -0.2) is 0 Å². The van der Waals surface area contributed by atoms with Crippen LogP contribution in [0.1, 0.15) is 77.1 Å². The van der Waals surface area contributed by atoms with Crippen LogP contribution < -0.4 is 10.7 Å². The molecular weight excluding hydrogens is 430 g/mol. The van der Waals surface area contributed by atoms with Gasteiger partial charge in [-0.1, -0.05) is 37.3 Å². The molecule has 1 atom stereocenters. The molecule has 2 aromatic heterocycles. The quantitative estimate of drug-likeness (QED) is 0.567. The summed E-state index contributed by atoms with van der Waals surface area (Å²) in [5, 5.41) is 2.73. The highest BCUT2D eigenvalue weighted by Crippen LogP contribution is 2.28. The monoisotopic (exact) mass is 461 g/mol. The molecule has 0 saturated carbocycles. The summed E-state index contributed by atoms with van der Waals surface area (Å²) in [6, 6.07) is 13.8. The molecule has 1 aromatic carbocycles. The van der Waals surface area contributed by atoms with Gasteiger partial charge in [-0.15, -0.1) is 0 Å². The molecule has 1 fully saturated rings. The third kappa shape index (κ3) is 5.14. The maximum absolute atomic E-state index is 13.4. The van der Waals surface area contributed by atoms with Crippen molar-refractivity contribution >= 4 is 11.8 Å². The molecule has 0 radical (unpaired) electrons. The lowest BCUT2D eigenvalue weighted by atomic mass is 9.89. The zero-order valence-corrected chi connectivity index (χ0v) is 19.7. The predicted octanol–water partition coefficient (Wildman–Crippen LogP) is 4.36. The van der Waals surface area contributed by atoms with Gasteiger partial charge in [-0.05, 0) is 49.8 Å². The minimum atomic E-state index is -0.535. The molecule has 0 aliphatic carbocycles. The van der Waals surface area contributed by atoms with Crippen LogP contribution in [0, 0.1) is 0 Å². The Bertz CT molecular complexity index is 1180. The van der Waals surface area contributed by atoms with E-state index in [9.17, 15) is 14.4 Å². The number of benzene rings is 1. The number of carbonyl (C=O) groups excluding carboxylic acids is 2. The van der Waals surface area contributed by atoms with Gasteiger partial charge in [-0.3, -0.25) is 14.4 Å². The Hall–Kier alpha value is -3.61. The third-order valence-electron chi connectivity index (χ3n) is 6.68. The van der Waals surface area contributed by atoms with Crippen molar-refractivity contribution in [3.63, 3.8) is 0 Å². The van der Waals surface area contributed by atoms with Crippen LogP contribution in [0.15, 0.2) is 70.3 Å². The topological polar surface area (TPSA) is 84.5 Å². The van der Waals surface area contributed by atoms with Crippen molar-refractivity contribution in [2.24, 2.45) is 0 Å². The summed E-state index contributed by atoms with van der Waals surface area (Å²) >= 11 is 0. The van der Waals surface area contributed by atoms with E-state index >= 15 is 0 Å². The van der Waals surface area contributed by atoms with Crippen molar-refractivity contribution in [2.45, 2.75) is 51.6 Å². The fraction of sp³-hybridized carbons (Fsp3) is 0.370. The number of nitrogens with zero attached hydrogens (tertiary/aromatic N) is 2. The number of aromatic nitrogens is 1. The highest BCUT2D eigenvalue weighted by Gasteiger charge is 2.28. The van der Waals surface area contributed by atoms with E-state index in [1.165, 1.54) is 11.8 Å². The number of rotatable bonds is 7. The van der Waals surface area contributed by atoms with Gasteiger partial charge >= 0.3 is 0 Å². The van der Waals surface area contributed by atoms with E-state index in [1.54, 1.807) is 34.0 Å². The molecule has 1 aliphatic rings. The van der Waals surface area contributed by atoms with Crippen LogP contribution in [0.3, 0.4) is 0 Å². The number of furan rings is 1. The number of amides is 2. The molecule has 0 bridgehead atoms. The molecule has 4 rings (SSSR count). The lowest BCUT2D eigenvalue weighted by molar-refractivity contribution is 0.0710. The number of pyridine rings is 1. The number of hydrogen-bond donors (Lipinski definition) is 1. The first-order chi connectivity index (χ1) is 16.5. The first kappa shape index (κ1) is 23.5. The summed E-state index contributed by atoms with van der Waals surface area (Å²) in [6.07, 6.45) is 7.17. The fourth-order valence-corrected chi connectivity index (χ4v) is 4.36. The third-order valence-corrected chi connectivity index (χ3v) is 6.68. The molecule has 3 aromatic rings. The van der Waals surface area contributed by atoms with E-state index in [4.69, 9.17) is 4.42 Å². The summed E-state index contributed by atoms with van der Waals surface area (Å²) in [4.78, 5) is 41.3. The summed E-state index contributed by atoms with van der Waals surface area (Å²) in [7, 11) is 0.